The number of anilines is 1. The fourth-order valence-corrected chi connectivity index (χ4v) is 2.04. The van der Waals surface area contributed by atoms with E-state index in [2.05, 4.69) is 58.3 Å². The van der Waals surface area contributed by atoms with Crippen molar-refractivity contribution in [1.82, 2.24) is 5.32 Å². The predicted molar refractivity (Wildman–Crippen MR) is 91.2 cm³/mol. The highest BCUT2D eigenvalue weighted by atomic mass is 127. The highest BCUT2D eigenvalue weighted by Gasteiger charge is 2.15. The molecule has 112 valence electrons. The van der Waals surface area contributed by atoms with Gasteiger partial charge < -0.3 is 15.4 Å². The average molecular weight is 390 g/mol. The van der Waals surface area contributed by atoms with Gasteiger partial charge >= 0.3 is 6.09 Å². The molecule has 0 bridgehead atoms. The van der Waals surface area contributed by atoms with Crippen molar-refractivity contribution >= 4 is 34.4 Å². The molecule has 0 fully saturated rings. The van der Waals surface area contributed by atoms with Crippen LogP contribution >= 0.6 is 22.6 Å². The number of halogens is 1. The monoisotopic (exact) mass is 390 g/mol. The Balaban J connectivity index is 2.19. The van der Waals surface area contributed by atoms with Crippen LogP contribution in [0.4, 0.5) is 10.5 Å². The molecule has 0 aliphatic rings. The van der Waals surface area contributed by atoms with Crippen molar-refractivity contribution in [2.75, 3.05) is 18.4 Å². The molecule has 1 rings (SSSR count). The van der Waals surface area contributed by atoms with Crippen LogP contribution in [0, 0.1) is 10.5 Å². The first kappa shape index (κ1) is 17.1. The molecule has 1 aromatic rings. The Hall–Kier alpha value is -0.980. The molecule has 0 atom stereocenters. The van der Waals surface area contributed by atoms with E-state index in [1.54, 1.807) is 0 Å². The van der Waals surface area contributed by atoms with Crippen molar-refractivity contribution in [3.8, 4) is 0 Å². The van der Waals surface area contributed by atoms with Gasteiger partial charge in [0.25, 0.3) is 0 Å². The van der Waals surface area contributed by atoms with Gasteiger partial charge in [0.2, 0.25) is 0 Å². The molecule has 0 spiro atoms. The quantitative estimate of drug-likeness (QED) is 0.592. The average Bonchev–Trinajstić information content (AvgIpc) is 2.31. The SMILES string of the molecule is Cc1ccc(NCCCNC(=O)OC(C)(C)C)cc1I. The molecule has 0 heterocycles. The summed E-state index contributed by atoms with van der Waals surface area (Å²) in [5.74, 6) is 0. The lowest BCUT2D eigenvalue weighted by Gasteiger charge is -2.19. The fraction of sp³-hybridized carbons (Fsp3) is 0.533. The van der Waals surface area contributed by atoms with Crippen molar-refractivity contribution in [2.24, 2.45) is 0 Å². The van der Waals surface area contributed by atoms with E-state index < -0.39 is 5.60 Å². The number of ether oxygens (including phenoxy) is 1. The predicted octanol–water partition coefficient (Wildman–Crippen LogP) is 3.93. The lowest BCUT2D eigenvalue weighted by atomic mass is 10.2. The Bertz CT molecular complexity index is 456. The van der Waals surface area contributed by atoms with Crippen molar-refractivity contribution in [2.45, 2.75) is 39.7 Å². The number of nitrogens with one attached hydrogen (secondary N) is 2. The van der Waals surface area contributed by atoms with Gasteiger partial charge in [-0.3, -0.25) is 0 Å². The van der Waals surface area contributed by atoms with Crippen LogP contribution in [0.25, 0.3) is 0 Å². The topological polar surface area (TPSA) is 50.4 Å². The first-order valence-corrected chi connectivity index (χ1v) is 7.83. The van der Waals surface area contributed by atoms with Crippen molar-refractivity contribution in [3.05, 3.63) is 27.3 Å². The second kappa shape index (κ2) is 7.71. The standard InChI is InChI=1S/C15H23IN2O2/c1-11-6-7-12(10-13(11)16)17-8-5-9-18-14(19)20-15(2,3)4/h6-7,10,17H,5,8-9H2,1-4H3,(H,18,19). The second-order valence-electron chi connectivity index (χ2n) is 5.67. The van der Waals surface area contributed by atoms with Gasteiger partial charge in [-0.05, 0) is 74.4 Å². The molecular weight excluding hydrogens is 367 g/mol. The van der Waals surface area contributed by atoms with Crippen LogP contribution < -0.4 is 10.6 Å². The maximum atomic E-state index is 11.4. The van der Waals surface area contributed by atoms with E-state index in [4.69, 9.17) is 4.74 Å². The van der Waals surface area contributed by atoms with Crippen molar-refractivity contribution in [3.63, 3.8) is 0 Å². The number of benzene rings is 1. The molecule has 20 heavy (non-hydrogen) atoms. The van der Waals surface area contributed by atoms with E-state index in [9.17, 15) is 4.79 Å². The molecule has 1 aromatic carbocycles. The second-order valence-corrected chi connectivity index (χ2v) is 6.84. The Labute approximate surface area is 134 Å². The van der Waals surface area contributed by atoms with Gasteiger partial charge in [0.05, 0.1) is 0 Å². The van der Waals surface area contributed by atoms with E-state index in [0.717, 1.165) is 18.7 Å². The summed E-state index contributed by atoms with van der Waals surface area (Å²) >= 11 is 2.33. The smallest absolute Gasteiger partial charge is 0.407 e. The molecule has 1 amide bonds. The summed E-state index contributed by atoms with van der Waals surface area (Å²) < 4.78 is 6.41. The van der Waals surface area contributed by atoms with Gasteiger partial charge in [0.15, 0.2) is 0 Å². The van der Waals surface area contributed by atoms with E-state index in [1.807, 2.05) is 20.8 Å². The summed E-state index contributed by atoms with van der Waals surface area (Å²) in [4.78, 5) is 11.4. The molecule has 0 aliphatic heterocycles. The minimum absolute atomic E-state index is 0.359. The Kier molecular flexibility index (Phi) is 6.58. The summed E-state index contributed by atoms with van der Waals surface area (Å²) in [7, 11) is 0. The van der Waals surface area contributed by atoms with Crippen LogP contribution in [0.15, 0.2) is 18.2 Å². The Morgan fingerprint density at radius 2 is 2.00 bits per heavy atom. The third-order valence-electron chi connectivity index (χ3n) is 2.52. The number of carbonyl (C=O) groups is 1. The zero-order chi connectivity index (χ0) is 15.2. The van der Waals surface area contributed by atoms with Crippen LogP contribution in [-0.2, 0) is 4.74 Å². The van der Waals surface area contributed by atoms with Crippen LogP contribution in [0.5, 0.6) is 0 Å². The largest absolute Gasteiger partial charge is 0.444 e. The first-order chi connectivity index (χ1) is 9.28. The fourth-order valence-electron chi connectivity index (χ4n) is 1.53. The normalized spacial score (nSPS) is 11.1. The van der Waals surface area contributed by atoms with Gasteiger partial charge in [0.1, 0.15) is 5.60 Å². The molecule has 0 aliphatic carbocycles. The molecule has 0 aromatic heterocycles. The number of hydrogen-bond donors (Lipinski definition) is 2. The Morgan fingerprint density at radius 1 is 1.30 bits per heavy atom. The summed E-state index contributed by atoms with van der Waals surface area (Å²) in [6.07, 6.45) is 0.492. The minimum atomic E-state index is -0.444. The number of amides is 1. The molecular formula is C15H23IN2O2. The van der Waals surface area contributed by atoms with Crippen LogP contribution in [0.1, 0.15) is 32.8 Å². The Morgan fingerprint density at radius 3 is 2.60 bits per heavy atom. The lowest BCUT2D eigenvalue weighted by Crippen LogP contribution is -2.33. The highest BCUT2D eigenvalue weighted by molar-refractivity contribution is 14.1. The maximum Gasteiger partial charge on any atom is 0.407 e. The van der Waals surface area contributed by atoms with Crippen LogP contribution in [-0.4, -0.2) is 24.8 Å². The summed E-state index contributed by atoms with van der Waals surface area (Å²) in [5, 5.41) is 6.08. The molecule has 0 saturated heterocycles. The van der Waals surface area contributed by atoms with E-state index in [-0.39, 0.29) is 6.09 Å². The third-order valence-corrected chi connectivity index (χ3v) is 3.68. The maximum absolute atomic E-state index is 11.4. The van der Waals surface area contributed by atoms with Gasteiger partial charge in [-0.1, -0.05) is 6.07 Å². The molecule has 4 nitrogen and oxygen atoms in total. The minimum Gasteiger partial charge on any atom is -0.444 e. The first-order valence-electron chi connectivity index (χ1n) is 6.75. The summed E-state index contributed by atoms with van der Waals surface area (Å²) in [6, 6.07) is 6.29. The van der Waals surface area contributed by atoms with Crippen LogP contribution in [0.3, 0.4) is 0 Å². The molecule has 0 saturated carbocycles. The molecule has 0 unspecified atom stereocenters. The summed E-state index contributed by atoms with van der Waals surface area (Å²) in [6.45, 7) is 9.07. The molecule has 5 heteroatoms. The molecule has 2 N–H and O–H groups in total. The highest BCUT2D eigenvalue weighted by Crippen LogP contribution is 2.16. The zero-order valence-corrected chi connectivity index (χ0v) is 14.7. The van der Waals surface area contributed by atoms with Gasteiger partial charge in [-0.2, -0.15) is 0 Å². The molecule has 0 radical (unpaired) electrons. The number of alkyl carbamates (subject to hydrolysis) is 1. The number of aryl methyl sites for hydroxylation is 1. The summed E-state index contributed by atoms with van der Waals surface area (Å²) in [5.41, 5.74) is 1.95. The van der Waals surface area contributed by atoms with Crippen molar-refractivity contribution in [1.29, 1.82) is 0 Å². The van der Waals surface area contributed by atoms with Gasteiger partial charge in [0, 0.05) is 22.3 Å². The van der Waals surface area contributed by atoms with Crippen LogP contribution in [0.2, 0.25) is 0 Å². The van der Waals surface area contributed by atoms with E-state index in [1.165, 1.54) is 9.13 Å². The van der Waals surface area contributed by atoms with Gasteiger partial charge in [-0.15, -0.1) is 0 Å². The van der Waals surface area contributed by atoms with Crippen molar-refractivity contribution < 1.29 is 9.53 Å². The van der Waals surface area contributed by atoms with E-state index in [0.29, 0.717) is 6.54 Å². The zero-order valence-electron chi connectivity index (χ0n) is 12.5. The van der Waals surface area contributed by atoms with Gasteiger partial charge in [-0.25, -0.2) is 4.79 Å². The number of hydrogen-bond acceptors (Lipinski definition) is 3. The van der Waals surface area contributed by atoms with E-state index >= 15 is 0 Å². The third kappa shape index (κ3) is 6.98. The lowest BCUT2D eigenvalue weighted by molar-refractivity contribution is 0.0528. The number of carbonyl (C=O) groups excluding carboxylic acids is 1. The number of rotatable bonds is 5.